The van der Waals surface area contributed by atoms with E-state index in [0.717, 1.165) is 40.4 Å². The molecule has 2 aliphatic heterocycles. The number of para-hydroxylation sites is 1. The van der Waals surface area contributed by atoms with Crippen LogP contribution in [0.1, 0.15) is 49.8 Å². The SMILES string of the molecule is Cc1cc2c3c(c1)[C@H](C)CC(C)(C)N3C(=O)C2=Nc1ccc(Oc2ccccc2)cc1. The maximum absolute atomic E-state index is 13.5. The van der Waals surface area contributed by atoms with Gasteiger partial charge in [-0.1, -0.05) is 36.8 Å². The van der Waals surface area contributed by atoms with Crippen molar-refractivity contribution in [2.75, 3.05) is 4.90 Å². The van der Waals surface area contributed by atoms with Crippen LogP contribution in [-0.4, -0.2) is 17.2 Å². The standard InChI is InChI=1S/C27H26N2O2/c1-17-14-22-18(2)16-27(3,4)29-25(22)23(15-17)24(26(29)30)28-19-10-12-21(13-11-19)31-20-8-6-5-7-9-20/h5-15,18H,16H2,1-4H3/t18-/m1/s1. The molecule has 0 aliphatic carbocycles. The van der Waals surface area contributed by atoms with E-state index in [1.54, 1.807) is 0 Å². The number of hydrogen-bond donors (Lipinski definition) is 0. The summed E-state index contributed by atoms with van der Waals surface area (Å²) in [6, 6.07) is 21.5. The fourth-order valence-electron chi connectivity index (χ4n) is 4.91. The Morgan fingerprint density at radius 3 is 2.39 bits per heavy atom. The van der Waals surface area contributed by atoms with Crippen molar-refractivity contribution in [3.8, 4) is 11.5 Å². The highest BCUT2D eigenvalue weighted by atomic mass is 16.5. The predicted octanol–water partition coefficient (Wildman–Crippen LogP) is 6.54. The van der Waals surface area contributed by atoms with Crippen molar-refractivity contribution in [1.82, 2.24) is 0 Å². The molecule has 0 N–H and O–H groups in total. The summed E-state index contributed by atoms with van der Waals surface area (Å²) >= 11 is 0. The molecular weight excluding hydrogens is 384 g/mol. The highest BCUT2D eigenvalue weighted by molar-refractivity contribution is 6.55. The lowest BCUT2D eigenvalue weighted by atomic mass is 9.80. The summed E-state index contributed by atoms with van der Waals surface area (Å²) in [5.74, 6) is 1.92. The summed E-state index contributed by atoms with van der Waals surface area (Å²) in [5, 5.41) is 0. The van der Waals surface area contributed by atoms with Crippen LogP contribution in [0.2, 0.25) is 0 Å². The van der Waals surface area contributed by atoms with E-state index < -0.39 is 0 Å². The van der Waals surface area contributed by atoms with Gasteiger partial charge >= 0.3 is 0 Å². The Kier molecular flexibility index (Phi) is 4.47. The molecule has 4 nitrogen and oxygen atoms in total. The first kappa shape index (κ1) is 19.6. The van der Waals surface area contributed by atoms with Crippen molar-refractivity contribution < 1.29 is 9.53 Å². The van der Waals surface area contributed by atoms with Gasteiger partial charge in [-0.25, -0.2) is 4.99 Å². The molecule has 0 aromatic heterocycles. The van der Waals surface area contributed by atoms with E-state index in [1.165, 1.54) is 5.56 Å². The zero-order chi connectivity index (χ0) is 21.8. The number of hydrogen-bond acceptors (Lipinski definition) is 3. The number of aliphatic imine (C=N–C) groups is 1. The third-order valence-corrected chi connectivity index (χ3v) is 6.17. The van der Waals surface area contributed by atoms with Crippen LogP contribution in [0.5, 0.6) is 11.5 Å². The van der Waals surface area contributed by atoms with Crippen LogP contribution in [0, 0.1) is 6.92 Å². The van der Waals surface area contributed by atoms with E-state index >= 15 is 0 Å². The molecule has 156 valence electrons. The molecule has 0 radical (unpaired) electrons. The van der Waals surface area contributed by atoms with Crippen LogP contribution < -0.4 is 9.64 Å². The number of amides is 1. The second-order valence-electron chi connectivity index (χ2n) is 9.18. The molecule has 0 saturated carbocycles. The first-order chi connectivity index (χ1) is 14.8. The summed E-state index contributed by atoms with van der Waals surface area (Å²) in [6.07, 6.45) is 0.938. The molecule has 3 aromatic rings. The fraction of sp³-hybridized carbons (Fsp3) is 0.259. The van der Waals surface area contributed by atoms with Gasteiger partial charge < -0.3 is 9.64 Å². The van der Waals surface area contributed by atoms with Crippen molar-refractivity contribution >= 4 is 23.0 Å². The monoisotopic (exact) mass is 410 g/mol. The second kappa shape index (κ2) is 7.09. The number of carbonyl (C=O) groups excluding carboxylic acids is 1. The van der Waals surface area contributed by atoms with Crippen LogP contribution in [0.25, 0.3) is 0 Å². The number of anilines is 1. The lowest BCUT2D eigenvalue weighted by Gasteiger charge is -2.43. The molecule has 0 spiro atoms. The van der Waals surface area contributed by atoms with Crippen molar-refractivity contribution in [3.05, 3.63) is 83.4 Å². The maximum Gasteiger partial charge on any atom is 0.278 e. The van der Waals surface area contributed by atoms with Crippen LogP contribution in [0.3, 0.4) is 0 Å². The number of carbonyl (C=O) groups is 1. The topological polar surface area (TPSA) is 41.9 Å². The van der Waals surface area contributed by atoms with E-state index in [9.17, 15) is 4.79 Å². The zero-order valence-corrected chi connectivity index (χ0v) is 18.3. The molecule has 4 heteroatoms. The normalized spacial score (nSPS) is 20.1. The lowest BCUT2D eigenvalue weighted by Crippen LogP contribution is -2.50. The van der Waals surface area contributed by atoms with Crippen molar-refractivity contribution in [1.29, 1.82) is 0 Å². The smallest absolute Gasteiger partial charge is 0.278 e. The average molecular weight is 411 g/mol. The molecule has 0 bridgehead atoms. The summed E-state index contributed by atoms with van der Waals surface area (Å²) in [7, 11) is 0. The van der Waals surface area contributed by atoms with Crippen molar-refractivity contribution in [2.24, 2.45) is 4.99 Å². The molecule has 1 atom stereocenters. The molecule has 31 heavy (non-hydrogen) atoms. The minimum absolute atomic E-state index is 0.0108. The van der Waals surface area contributed by atoms with Crippen LogP contribution in [-0.2, 0) is 4.79 Å². The molecule has 1 amide bonds. The summed E-state index contributed by atoms with van der Waals surface area (Å²) in [6.45, 7) is 8.63. The van der Waals surface area contributed by atoms with E-state index in [-0.39, 0.29) is 11.4 Å². The Morgan fingerprint density at radius 2 is 1.68 bits per heavy atom. The van der Waals surface area contributed by atoms with E-state index in [1.807, 2.05) is 59.5 Å². The Balaban J connectivity index is 1.53. The van der Waals surface area contributed by atoms with Crippen LogP contribution in [0.4, 0.5) is 11.4 Å². The number of rotatable bonds is 3. The predicted molar refractivity (Wildman–Crippen MR) is 125 cm³/mol. The van der Waals surface area contributed by atoms with Gasteiger partial charge in [-0.05, 0) is 81.1 Å². The fourth-order valence-corrected chi connectivity index (χ4v) is 4.91. The van der Waals surface area contributed by atoms with E-state index in [4.69, 9.17) is 9.73 Å². The minimum atomic E-state index is -0.238. The van der Waals surface area contributed by atoms with Gasteiger partial charge in [0.2, 0.25) is 0 Å². The van der Waals surface area contributed by atoms with E-state index in [2.05, 4.69) is 39.8 Å². The van der Waals surface area contributed by atoms with Gasteiger partial charge in [0.05, 0.1) is 11.4 Å². The quantitative estimate of drug-likeness (QED) is 0.492. The van der Waals surface area contributed by atoms with Crippen LogP contribution >= 0.6 is 0 Å². The molecule has 5 rings (SSSR count). The average Bonchev–Trinajstić information content (AvgIpc) is 3.01. The zero-order valence-electron chi connectivity index (χ0n) is 18.3. The summed E-state index contributed by atoms with van der Waals surface area (Å²) in [5.41, 5.74) is 5.43. The Labute approximate surface area is 183 Å². The molecular formula is C27H26N2O2. The molecule has 2 heterocycles. The highest BCUT2D eigenvalue weighted by Crippen LogP contribution is 2.49. The van der Waals surface area contributed by atoms with Gasteiger partial charge in [0, 0.05) is 11.1 Å². The van der Waals surface area contributed by atoms with Gasteiger partial charge in [-0.15, -0.1) is 0 Å². The molecule has 3 aromatic carbocycles. The molecule has 0 saturated heterocycles. The third-order valence-electron chi connectivity index (χ3n) is 6.17. The lowest BCUT2D eigenvalue weighted by molar-refractivity contribution is -0.113. The second-order valence-corrected chi connectivity index (χ2v) is 9.18. The molecule has 2 aliphatic rings. The van der Waals surface area contributed by atoms with Crippen molar-refractivity contribution in [2.45, 2.75) is 45.6 Å². The van der Waals surface area contributed by atoms with Crippen molar-refractivity contribution in [3.63, 3.8) is 0 Å². The van der Waals surface area contributed by atoms with Crippen LogP contribution in [0.15, 0.2) is 71.7 Å². The first-order valence-corrected chi connectivity index (χ1v) is 10.7. The highest BCUT2D eigenvalue weighted by Gasteiger charge is 2.47. The number of ether oxygens (including phenoxy) is 1. The maximum atomic E-state index is 13.5. The Morgan fingerprint density at radius 1 is 1.00 bits per heavy atom. The number of benzene rings is 3. The van der Waals surface area contributed by atoms with Gasteiger partial charge in [0.1, 0.15) is 17.2 Å². The van der Waals surface area contributed by atoms with Gasteiger partial charge in [-0.3, -0.25) is 4.79 Å². The number of nitrogens with zero attached hydrogens (tertiary/aromatic N) is 2. The van der Waals surface area contributed by atoms with Gasteiger partial charge in [-0.2, -0.15) is 0 Å². The first-order valence-electron chi connectivity index (χ1n) is 10.7. The summed E-state index contributed by atoms with van der Waals surface area (Å²) in [4.78, 5) is 20.3. The summed E-state index contributed by atoms with van der Waals surface area (Å²) < 4.78 is 5.87. The minimum Gasteiger partial charge on any atom is -0.457 e. The largest absolute Gasteiger partial charge is 0.457 e. The molecule has 0 fully saturated rings. The Hall–Kier alpha value is -3.40. The van der Waals surface area contributed by atoms with E-state index in [0.29, 0.717) is 11.6 Å². The van der Waals surface area contributed by atoms with Gasteiger partial charge in [0.15, 0.2) is 0 Å². The Bertz CT molecular complexity index is 1190. The number of aryl methyl sites for hydroxylation is 1. The molecule has 0 unspecified atom stereocenters. The third kappa shape index (κ3) is 3.32. The van der Waals surface area contributed by atoms with Gasteiger partial charge in [0.25, 0.3) is 5.91 Å².